The highest BCUT2D eigenvalue weighted by Gasteiger charge is 2.14. The summed E-state index contributed by atoms with van der Waals surface area (Å²) >= 11 is 0. The van der Waals surface area contributed by atoms with Crippen LogP contribution in [0.5, 0.6) is 0 Å². The van der Waals surface area contributed by atoms with Gasteiger partial charge in [-0.2, -0.15) is 0 Å². The Kier molecular flexibility index (Phi) is 4.40. The van der Waals surface area contributed by atoms with E-state index in [2.05, 4.69) is 10.3 Å². The molecule has 0 fully saturated rings. The Labute approximate surface area is 91.1 Å². The van der Waals surface area contributed by atoms with Crippen molar-refractivity contribution in [1.82, 2.24) is 14.9 Å². The van der Waals surface area contributed by atoms with Crippen molar-refractivity contribution >= 4 is 11.9 Å². The van der Waals surface area contributed by atoms with Gasteiger partial charge in [0.25, 0.3) is 0 Å². The zero-order chi connectivity index (χ0) is 12.0. The van der Waals surface area contributed by atoms with Crippen LogP contribution in [0.3, 0.4) is 0 Å². The van der Waals surface area contributed by atoms with Crippen LogP contribution in [-0.4, -0.2) is 38.6 Å². The van der Waals surface area contributed by atoms with E-state index in [1.807, 2.05) is 0 Å². The summed E-state index contributed by atoms with van der Waals surface area (Å²) in [4.78, 5) is 24.6. The first-order valence-electron chi connectivity index (χ1n) is 4.68. The molecule has 0 spiro atoms. The van der Waals surface area contributed by atoms with E-state index < -0.39 is 4.92 Å². The lowest BCUT2D eigenvalue weighted by Gasteiger charge is -2.03. The lowest BCUT2D eigenvalue weighted by Crippen LogP contribution is -2.27. The summed E-state index contributed by atoms with van der Waals surface area (Å²) in [6.07, 6.45) is 2.86. The highest BCUT2D eigenvalue weighted by Crippen LogP contribution is 2.07. The Balaban J connectivity index is 2.45. The van der Waals surface area contributed by atoms with Gasteiger partial charge in [0, 0.05) is 6.54 Å². The molecule has 16 heavy (non-hydrogen) atoms. The van der Waals surface area contributed by atoms with Crippen molar-refractivity contribution in [2.75, 3.05) is 13.2 Å². The Bertz CT molecular complexity index is 376. The Morgan fingerprint density at radius 1 is 1.69 bits per heavy atom. The topological polar surface area (TPSA) is 110 Å². The van der Waals surface area contributed by atoms with Crippen LogP contribution in [0.15, 0.2) is 12.4 Å². The molecule has 1 heterocycles. The minimum Gasteiger partial charge on any atom is -0.395 e. The van der Waals surface area contributed by atoms with Crippen molar-refractivity contribution < 1.29 is 14.8 Å². The minimum atomic E-state index is -0.606. The van der Waals surface area contributed by atoms with Gasteiger partial charge in [0.2, 0.25) is 5.91 Å². The number of aryl methyl sites for hydroxylation is 1. The second-order valence-corrected chi connectivity index (χ2v) is 3.00. The zero-order valence-electron chi connectivity index (χ0n) is 8.50. The highest BCUT2D eigenvalue weighted by atomic mass is 16.6. The van der Waals surface area contributed by atoms with Crippen LogP contribution in [0.2, 0.25) is 0 Å². The molecule has 0 radical (unpaired) electrons. The number of imidazole rings is 1. The molecule has 88 valence electrons. The van der Waals surface area contributed by atoms with E-state index in [1.165, 1.54) is 17.0 Å². The highest BCUT2D eigenvalue weighted by molar-refractivity contribution is 5.75. The van der Waals surface area contributed by atoms with Gasteiger partial charge in [0.15, 0.2) is 0 Å². The number of amides is 1. The lowest BCUT2D eigenvalue weighted by molar-refractivity contribution is -0.396. The van der Waals surface area contributed by atoms with E-state index in [0.29, 0.717) is 0 Å². The van der Waals surface area contributed by atoms with Gasteiger partial charge in [-0.05, 0) is 4.92 Å². The molecule has 0 atom stereocenters. The number of hydrogen-bond acceptors (Lipinski definition) is 5. The zero-order valence-corrected chi connectivity index (χ0v) is 8.50. The predicted molar refractivity (Wildman–Crippen MR) is 53.6 cm³/mol. The molecule has 0 saturated carbocycles. The monoisotopic (exact) mass is 228 g/mol. The fourth-order valence-electron chi connectivity index (χ4n) is 1.15. The van der Waals surface area contributed by atoms with Gasteiger partial charge in [-0.15, -0.1) is 0 Å². The second kappa shape index (κ2) is 5.81. The maximum absolute atomic E-state index is 11.2. The van der Waals surface area contributed by atoms with Crippen molar-refractivity contribution in [3.8, 4) is 0 Å². The quantitative estimate of drug-likeness (QED) is 0.493. The van der Waals surface area contributed by atoms with E-state index in [4.69, 9.17) is 5.11 Å². The van der Waals surface area contributed by atoms with Crippen molar-refractivity contribution in [2.45, 2.75) is 13.0 Å². The number of nitro groups is 1. The second-order valence-electron chi connectivity index (χ2n) is 3.00. The molecule has 0 unspecified atom stereocenters. The first-order valence-corrected chi connectivity index (χ1v) is 4.68. The molecule has 0 aliphatic heterocycles. The van der Waals surface area contributed by atoms with Crippen LogP contribution in [0.1, 0.15) is 6.42 Å². The molecular formula is C8H12N4O4. The summed E-state index contributed by atoms with van der Waals surface area (Å²) in [5.74, 6) is -0.549. The predicted octanol–water partition coefficient (Wildman–Crippen LogP) is -0.710. The SMILES string of the molecule is O=C(CCn1ccnc1[N+](=O)[O-])NCCO. The van der Waals surface area contributed by atoms with Crippen molar-refractivity contribution in [3.63, 3.8) is 0 Å². The molecule has 0 aliphatic rings. The van der Waals surface area contributed by atoms with Crippen molar-refractivity contribution in [3.05, 3.63) is 22.5 Å². The Morgan fingerprint density at radius 2 is 2.44 bits per heavy atom. The number of aromatic nitrogens is 2. The fraction of sp³-hybridized carbons (Fsp3) is 0.500. The number of nitrogens with zero attached hydrogens (tertiary/aromatic N) is 3. The van der Waals surface area contributed by atoms with Gasteiger partial charge in [-0.3, -0.25) is 4.79 Å². The van der Waals surface area contributed by atoms with Gasteiger partial charge in [0.05, 0.1) is 19.6 Å². The number of hydrogen-bond donors (Lipinski definition) is 2. The molecule has 2 N–H and O–H groups in total. The van der Waals surface area contributed by atoms with Crippen LogP contribution >= 0.6 is 0 Å². The average Bonchev–Trinajstić information content (AvgIpc) is 2.71. The lowest BCUT2D eigenvalue weighted by atomic mass is 10.4. The summed E-state index contributed by atoms with van der Waals surface area (Å²) in [7, 11) is 0. The molecule has 8 heteroatoms. The molecule has 0 bridgehead atoms. The van der Waals surface area contributed by atoms with E-state index in [9.17, 15) is 14.9 Å². The van der Waals surface area contributed by atoms with Crippen LogP contribution in [0.4, 0.5) is 5.95 Å². The molecule has 0 saturated heterocycles. The maximum atomic E-state index is 11.2. The van der Waals surface area contributed by atoms with E-state index in [1.54, 1.807) is 0 Å². The van der Waals surface area contributed by atoms with Crippen molar-refractivity contribution in [2.24, 2.45) is 0 Å². The van der Waals surface area contributed by atoms with Gasteiger partial charge >= 0.3 is 5.95 Å². The van der Waals surface area contributed by atoms with Gasteiger partial charge in [-0.25, -0.2) is 4.57 Å². The Morgan fingerprint density at radius 3 is 3.06 bits per heavy atom. The van der Waals surface area contributed by atoms with E-state index in [0.717, 1.165) is 0 Å². The molecule has 1 rings (SSSR count). The third kappa shape index (κ3) is 3.31. The maximum Gasteiger partial charge on any atom is 0.434 e. The molecule has 1 aromatic heterocycles. The van der Waals surface area contributed by atoms with Crippen LogP contribution in [-0.2, 0) is 11.3 Å². The third-order valence-electron chi connectivity index (χ3n) is 1.87. The smallest absolute Gasteiger partial charge is 0.395 e. The normalized spacial score (nSPS) is 10.1. The van der Waals surface area contributed by atoms with Crippen LogP contribution in [0.25, 0.3) is 0 Å². The van der Waals surface area contributed by atoms with Gasteiger partial charge < -0.3 is 20.5 Å². The summed E-state index contributed by atoms with van der Waals surface area (Å²) < 4.78 is 1.29. The van der Waals surface area contributed by atoms with Crippen molar-refractivity contribution in [1.29, 1.82) is 0 Å². The minimum absolute atomic E-state index is 0.108. The molecule has 1 aromatic rings. The largest absolute Gasteiger partial charge is 0.434 e. The van der Waals surface area contributed by atoms with Crippen LogP contribution in [0, 0.1) is 10.1 Å². The van der Waals surface area contributed by atoms with Crippen LogP contribution < -0.4 is 5.32 Å². The average molecular weight is 228 g/mol. The fourth-order valence-corrected chi connectivity index (χ4v) is 1.15. The summed E-state index contributed by atoms with van der Waals surface area (Å²) in [5.41, 5.74) is 0. The number of carbonyl (C=O) groups excluding carboxylic acids is 1. The standard InChI is InChI=1S/C8H12N4O4/c13-6-3-9-7(14)1-4-11-5-2-10-8(11)12(15)16/h2,5,13H,1,3-4,6H2,(H,9,14). The third-order valence-corrected chi connectivity index (χ3v) is 1.87. The molecule has 8 nitrogen and oxygen atoms in total. The number of aliphatic hydroxyl groups excluding tert-OH is 1. The summed E-state index contributed by atoms with van der Waals surface area (Å²) in [5, 5.41) is 21.4. The molecule has 0 aliphatic carbocycles. The van der Waals surface area contributed by atoms with Gasteiger partial charge in [-0.1, -0.05) is 4.98 Å². The number of rotatable bonds is 6. The number of carbonyl (C=O) groups is 1. The molecule has 1 amide bonds. The first kappa shape index (κ1) is 12.1. The molecule has 0 aromatic carbocycles. The van der Waals surface area contributed by atoms with E-state index >= 15 is 0 Å². The van der Waals surface area contributed by atoms with Gasteiger partial charge in [0.1, 0.15) is 12.4 Å². The first-order chi connectivity index (χ1) is 7.65. The number of nitrogens with one attached hydrogen (secondary N) is 1. The number of aliphatic hydroxyl groups is 1. The Hall–Kier alpha value is -1.96. The van der Waals surface area contributed by atoms with E-state index in [-0.39, 0.29) is 38.0 Å². The summed E-state index contributed by atoms with van der Waals surface area (Å²) in [6, 6.07) is 0. The summed E-state index contributed by atoms with van der Waals surface area (Å²) in [6.45, 7) is 0.245. The molecular weight excluding hydrogens is 216 g/mol.